The molecule has 0 rings (SSSR count). The average Bonchev–Trinajstić information content (AvgIpc) is 2.34. The molecule has 0 saturated heterocycles. The van der Waals surface area contributed by atoms with Gasteiger partial charge in [0, 0.05) is 18.5 Å². The third-order valence-corrected chi connectivity index (χ3v) is 2.81. The number of amides is 2. The molecule has 0 saturated carbocycles. The summed E-state index contributed by atoms with van der Waals surface area (Å²) in [6.45, 7) is 5.30. The summed E-state index contributed by atoms with van der Waals surface area (Å²) < 4.78 is 4.55. The molecule has 0 heterocycles. The number of hydrogen-bond acceptors (Lipinski definition) is 4. The van der Waals surface area contributed by atoms with Crippen molar-refractivity contribution in [1.29, 1.82) is 0 Å². The van der Waals surface area contributed by atoms with Gasteiger partial charge in [0.1, 0.15) is 6.54 Å². The minimum absolute atomic E-state index is 0.0796. The number of esters is 1. The molecule has 0 aromatic carbocycles. The second-order valence-corrected chi connectivity index (χ2v) is 4.93. The van der Waals surface area contributed by atoms with E-state index >= 15 is 0 Å². The molecule has 0 bridgehead atoms. The fourth-order valence-electron chi connectivity index (χ4n) is 1.62. The highest BCUT2D eigenvalue weighted by Crippen LogP contribution is 2.04. The summed E-state index contributed by atoms with van der Waals surface area (Å²) in [5.41, 5.74) is 0. The molecule has 2 N–H and O–H groups in total. The quantitative estimate of drug-likeness (QED) is 0.655. The Labute approximate surface area is 119 Å². The molecular formula is C13H24N2O5. The largest absolute Gasteiger partial charge is 0.481 e. The molecule has 0 aliphatic heterocycles. The highest BCUT2D eigenvalue weighted by molar-refractivity contribution is 5.81. The van der Waals surface area contributed by atoms with Gasteiger partial charge in [0.2, 0.25) is 0 Å². The lowest BCUT2D eigenvalue weighted by Gasteiger charge is -2.27. The van der Waals surface area contributed by atoms with E-state index in [-0.39, 0.29) is 31.1 Å². The summed E-state index contributed by atoms with van der Waals surface area (Å²) in [6.07, 6.45) is 1.15. The van der Waals surface area contributed by atoms with Crippen LogP contribution in [0.25, 0.3) is 0 Å². The molecule has 1 unspecified atom stereocenters. The zero-order valence-corrected chi connectivity index (χ0v) is 12.5. The fourth-order valence-corrected chi connectivity index (χ4v) is 1.62. The number of methoxy groups -OCH3 is 1. The van der Waals surface area contributed by atoms with Crippen molar-refractivity contribution < 1.29 is 24.2 Å². The van der Waals surface area contributed by atoms with Crippen molar-refractivity contribution in [3.63, 3.8) is 0 Å². The lowest BCUT2D eigenvalue weighted by molar-refractivity contribution is -0.141. The Morgan fingerprint density at radius 3 is 2.30 bits per heavy atom. The first-order valence-corrected chi connectivity index (χ1v) is 6.63. The van der Waals surface area contributed by atoms with E-state index in [4.69, 9.17) is 5.11 Å². The summed E-state index contributed by atoms with van der Waals surface area (Å²) in [4.78, 5) is 35.1. The fraction of sp³-hybridized carbons (Fsp3) is 0.769. The maximum absolute atomic E-state index is 12.0. The number of rotatable bonds is 8. The Morgan fingerprint density at radius 1 is 1.25 bits per heavy atom. The van der Waals surface area contributed by atoms with Crippen LogP contribution in [0.1, 0.15) is 40.0 Å². The van der Waals surface area contributed by atoms with Gasteiger partial charge in [0.15, 0.2) is 0 Å². The first-order valence-electron chi connectivity index (χ1n) is 6.63. The smallest absolute Gasteiger partial charge is 0.325 e. The highest BCUT2D eigenvalue weighted by atomic mass is 16.5. The van der Waals surface area contributed by atoms with Gasteiger partial charge in [-0.2, -0.15) is 0 Å². The highest BCUT2D eigenvalue weighted by Gasteiger charge is 2.21. The van der Waals surface area contributed by atoms with Gasteiger partial charge in [-0.15, -0.1) is 0 Å². The standard InChI is InChI=1S/C13H24N2O5/c1-9(2)15(8-12(18)20-4)13(19)14-10(3)6-5-7-11(16)17/h9-10H,5-8H2,1-4H3,(H,14,19)(H,16,17). The number of carboxylic acid groups (broad SMARTS) is 1. The molecule has 0 spiro atoms. The molecule has 0 aliphatic rings. The lowest BCUT2D eigenvalue weighted by atomic mass is 10.1. The molecule has 1 atom stereocenters. The number of carbonyl (C=O) groups is 3. The van der Waals surface area contributed by atoms with Gasteiger partial charge in [-0.25, -0.2) is 4.79 Å². The number of aliphatic carboxylic acids is 1. The van der Waals surface area contributed by atoms with Gasteiger partial charge in [0.05, 0.1) is 7.11 Å². The topological polar surface area (TPSA) is 95.9 Å². The lowest BCUT2D eigenvalue weighted by Crippen LogP contribution is -2.49. The van der Waals surface area contributed by atoms with Crippen molar-refractivity contribution in [3.8, 4) is 0 Å². The molecule has 20 heavy (non-hydrogen) atoms. The Bertz CT molecular complexity index is 344. The maximum Gasteiger partial charge on any atom is 0.325 e. The number of nitrogens with one attached hydrogen (secondary N) is 1. The second kappa shape index (κ2) is 9.17. The van der Waals surface area contributed by atoms with Gasteiger partial charge in [-0.05, 0) is 33.6 Å². The SMILES string of the molecule is COC(=O)CN(C(=O)NC(C)CCCC(=O)O)C(C)C. The Balaban J connectivity index is 4.30. The molecule has 0 aromatic rings. The second-order valence-electron chi connectivity index (χ2n) is 4.93. The van der Waals surface area contributed by atoms with E-state index in [0.717, 1.165) is 0 Å². The molecule has 2 amide bonds. The summed E-state index contributed by atoms with van der Waals surface area (Å²) in [7, 11) is 1.27. The van der Waals surface area contributed by atoms with Gasteiger partial charge >= 0.3 is 18.0 Å². The molecule has 7 nitrogen and oxygen atoms in total. The number of carboxylic acids is 1. The summed E-state index contributed by atoms with van der Waals surface area (Å²) >= 11 is 0. The Hall–Kier alpha value is -1.79. The van der Waals surface area contributed by atoms with Crippen LogP contribution in [-0.4, -0.2) is 53.7 Å². The zero-order chi connectivity index (χ0) is 15.7. The van der Waals surface area contributed by atoms with Crippen LogP contribution < -0.4 is 5.32 Å². The van der Waals surface area contributed by atoms with Gasteiger partial charge in [0.25, 0.3) is 0 Å². The molecule has 0 radical (unpaired) electrons. The third kappa shape index (κ3) is 7.60. The van der Waals surface area contributed by atoms with E-state index < -0.39 is 11.9 Å². The minimum atomic E-state index is -0.849. The maximum atomic E-state index is 12.0. The van der Waals surface area contributed by atoms with Crippen LogP contribution in [-0.2, 0) is 14.3 Å². The first kappa shape index (κ1) is 18.2. The van der Waals surface area contributed by atoms with E-state index in [2.05, 4.69) is 10.1 Å². The van der Waals surface area contributed by atoms with Crippen molar-refractivity contribution >= 4 is 18.0 Å². The van der Waals surface area contributed by atoms with Crippen molar-refractivity contribution in [1.82, 2.24) is 10.2 Å². The number of carbonyl (C=O) groups excluding carboxylic acids is 2. The molecule has 116 valence electrons. The van der Waals surface area contributed by atoms with Gasteiger partial charge < -0.3 is 20.1 Å². The van der Waals surface area contributed by atoms with Crippen molar-refractivity contribution in [2.75, 3.05) is 13.7 Å². The van der Waals surface area contributed by atoms with Crippen molar-refractivity contribution in [2.45, 2.75) is 52.1 Å². The number of ether oxygens (including phenoxy) is 1. The summed E-state index contributed by atoms with van der Waals surface area (Å²) in [6, 6.07) is -0.644. The van der Waals surface area contributed by atoms with Crippen molar-refractivity contribution in [3.05, 3.63) is 0 Å². The number of hydrogen-bond donors (Lipinski definition) is 2. The Kier molecular flexibility index (Phi) is 8.35. The molecule has 0 aliphatic carbocycles. The molecule has 0 fully saturated rings. The number of urea groups is 1. The van der Waals surface area contributed by atoms with Crippen LogP contribution in [0.5, 0.6) is 0 Å². The van der Waals surface area contributed by atoms with Crippen LogP contribution in [0, 0.1) is 0 Å². The van der Waals surface area contributed by atoms with Gasteiger partial charge in [-0.1, -0.05) is 0 Å². The zero-order valence-electron chi connectivity index (χ0n) is 12.5. The van der Waals surface area contributed by atoms with E-state index in [0.29, 0.717) is 12.8 Å². The van der Waals surface area contributed by atoms with E-state index in [9.17, 15) is 14.4 Å². The van der Waals surface area contributed by atoms with Crippen LogP contribution in [0.15, 0.2) is 0 Å². The van der Waals surface area contributed by atoms with Crippen LogP contribution >= 0.6 is 0 Å². The predicted molar refractivity (Wildman–Crippen MR) is 73.3 cm³/mol. The van der Waals surface area contributed by atoms with Crippen LogP contribution in [0.3, 0.4) is 0 Å². The van der Waals surface area contributed by atoms with E-state index in [1.165, 1.54) is 12.0 Å². The van der Waals surface area contributed by atoms with Crippen LogP contribution in [0.4, 0.5) is 4.79 Å². The third-order valence-electron chi connectivity index (χ3n) is 2.81. The molecular weight excluding hydrogens is 264 g/mol. The number of nitrogens with zero attached hydrogens (tertiary/aromatic N) is 1. The predicted octanol–water partition coefficient (Wildman–Crippen LogP) is 1.22. The van der Waals surface area contributed by atoms with E-state index in [1.807, 2.05) is 0 Å². The van der Waals surface area contributed by atoms with E-state index in [1.54, 1.807) is 20.8 Å². The van der Waals surface area contributed by atoms with Gasteiger partial charge in [-0.3, -0.25) is 9.59 Å². The van der Waals surface area contributed by atoms with Crippen LogP contribution in [0.2, 0.25) is 0 Å². The monoisotopic (exact) mass is 288 g/mol. The summed E-state index contributed by atoms with van der Waals surface area (Å²) in [5.74, 6) is -1.33. The average molecular weight is 288 g/mol. The molecule has 7 heteroatoms. The summed E-state index contributed by atoms with van der Waals surface area (Å²) in [5, 5.41) is 11.3. The first-order chi connectivity index (χ1) is 9.27. The Morgan fingerprint density at radius 2 is 1.85 bits per heavy atom. The molecule has 0 aromatic heterocycles. The van der Waals surface area contributed by atoms with Crippen molar-refractivity contribution in [2.24, 2.45) is 0 Å². The normalized spacial score (nSPS) is 11.8. The minimum Gasteiger partial charge on any atom is -0.481 e.